The number of aromatic carboxylic acids is 1. The smallest absolute Gasteiger partial charge is 0.354 e. The number of rotatable bonds is 3. The molecule has 1 rings (SSSR count). The molecule has 1 aromatic rings. The van der Waals surface area contributed by atoms with Crippen LogP contribution in [0.1, 0.15) is 10.5 Å². The number of amides is 1. The van der Waals surface area contributed by atoms with Gasteiger partial charge in [0.25, 0.3) is 5.91 Å². The fraction of sp³-hybridized carbons (Fsp3) is 0.125. The number of carboxylic acids is 1. The molecule has 0 saturated carbocycles. The number of carbonyl (C=O) groups is 2. The van der Waals surface area contributed by atoms with Gasteiger partial charge in [-0.15, -0.1) is 0 Å². The van der Waals surface area contributed by atoms with E-state index in [1.807, 2.05) is 0 Å². The minimum atomic E-state index is -3.17. The van der Waals surface area contributed by atoms with E-state index in [9.17, 15) is 18.4 Å². The van der Waals surface area contributed by atoms with Gasteiger partial charge in [-0.25, -0.2) is 9.78 Å². The number of halogens is 2. The fourth-order valence-electron chi connectivity index (χ4n) is 0.804. The second kappa shape index (κ2) is 4.45. The number of alkyl halides is 2. The molecule has 0 aromatic carbocycles. The van der Waals surface area contributed by atoms with Crippen molar-refractivity contribution in [3.8, 4) is 0 Å². The molecule has 0 atom stereocenters. The van der Waals surface area contributed by atoms with Gasteiger partial charge in [0.05, 0.1) is 0 Å². The number of anilines is 1. The molecule has 0 aliphatic rings. The summed E-state index contributed by atoms with van der Waals surface area (Å²) in [5, 5.41) is 10.3. The SMILES string of the molecule is O=C(O)c1cccc(NC(=O)C(F)F)n1. The third kappa shape index (κ3) is 2.97. The standard InChI is InChI=1S/C8H6F2N2O3/c9-6(10)7(13)12-5-3-1-2-4(11-5)8(14)15/h1-3,6H,(H,14,15)(H,11,12,13). The van der Waals surface area contributed by atoms with Gasteiger partial charge in [0.2, 0.25) is 0 Å². The lowest BCUT2D eigenvalue weighted by Gasteiger charge is -2.03. The van der Waals surface area contributed by atoms with Gasteiger partial charge in [-0.05, 0) is 12.1 Å². The van der Waals surface area contributed by atoms with Gasteiger partial charge in [0, 0.05) is 0 Å². The zero-order chi connectivity index (χ0) is 11.4. The van der Waals surface area contributed by atoms with Crippen LogP contribution in [0.5, 0.6) is 0 Å². The summed E-state index contributed by atoms with van der Waals surface area (Å²) in [5.74, 6) is -3.05. The predicted molar refractivity (Wildman–Crippen MR) is 45.8 cm³/mol. The van der Waals surface area contributed by atoms with Crippen molar-refractivity contribution < 1.29 is 23.5 Å². The van der Waals surface area contributed by atoms with Crippen molar-refractivity contribution in [1.82, 2.24) is 4.98 Å². The van der Waals surface area contributed by atoms with Gasteiger partial charge in [-0.2, -0.15) is 8.78 Å². The molecule has 0 aliphatic carbocycles. The molecule has 15 heavy (non-hydrogen) atoms. The molecule has 2 N–H and O–H groups in total. The normalized spacial score (nSPS) is 10.1. The number of aromatic nitrogens is 1. The quantitative estimate of drug-likeness (QED) is 0.789. The summed E-state index contributed by atoms with van der Waals surface area (Å²) in [6.07, 6.45) is -3.17. The highest BCUT2D eigenvalue weighted by molar-refractivity contribution is 5.93. The minimum absolute atomic E-state index is 0.222. The van der Waals surface area contributed by atoms with Crippen LogP contribution in [0.25, 0.3) is 0 Å². The van der Waals surface area contributed by atoms with E-state index < -0.39 is 18.3 Å². The number of nitrogens with zero attached hydrogens (tertiary/aromatic N) is 1. The fourth-order valence-corrected chi connectivity index (χ4v) is 0.804. The number of pyridine rings is 1. The summed E-state index contributed by atoms with van der Waals surface area (Å²) >= 11 is 0. The lowest BCUT2D eigenvalue weighted by atomic mass is 10.3. The molecule has 80 valence electrons. The van der Waals surface area contributed by atoms with Crippen molar-refractivity contribution in [3.05, 3.63) is 23.9 Å². The van der Waals surface area contributed by atoms with Gasteiger partial charge in [0.1, 0.15) is 5.82 Å². The van der Waals surface area contributed by atoms with Crippen molar-refractivity contribution in [2.24, 2.45) is 0 Å². The molecule has 0 bridgehead atoms. The molecule has 7 heteroatoms. The van der Waals surface area contributed by atoms with Crippen LogP contribution in [0.15, 0.2) is 18.2 Å². The van der Waals surface area contributed by atoms with Crippen LogP contribution >= 0.6 is 0 Å². The molecule has 0 aliphatic heterocycles. The summed E-state index contributed by atoms with van der Waals surface area (Å²) in [5.41, 5.74) is -0.331. The molecule has 1 amide bonds. The van der Waals surface area contributed by atoms with Gasteiger partial charge in [0.15, 0.2) is 5.69 Å². The predicted octanol–water partition coefficient (Wildman–Crippen LogP) is 0.983. The monoisotopic (exact) mass is 216 g/mol. The Balaban J connectivity index is 2.83. The number of hydrogen-bond acceptors (Lipinski definition) is 3. The van der Waals surface area contributed by atoms with Crippen LogP contribution in [0, 0.1) is 0 Å². The van der Waals surface area contributed by atoms with Crippen molar-refractivity contribution >= 4 is 17.7 Å². The average Bonchev–Trinajstić information content (AvgIpc) is 2.18. The molecule has 0 unspecified atom stereocenters. The van der Waals surface area contributed by atoms with Gasteiger partial charge in [-0.3, -0.25) is 4.79 Å². The molecular weight excluding hydrogens is 210 g/mol. The second-order valence-electron chi connectivity index (χ2n) is 2.50. The first kappa shape index (κ1) is 11.0. The second-order valence-corrected chi connectivity index (χ2v) is 2.50. The van der Waals surface area contributed by atoms with Crippen LogP contribution in [-0.2, 0) is 4.79 Å². The molecule has 0 radical (unpaired) electrons. The highest BCUT2D eigenvalue weighted by Gasteiger charge is 2.16. The first-order valence-electron chi connectivity index (χ1n) is 3.80. The van der Waals surface area contributed by atoms with Crippen LogP contribution in [0.2, 0.25) is 0 Å². The number of hydrogen-bond donors (Lipinski definition) is 2. The number of carboxylic acid groups (broad SMARTS) is 1. The van der Waals surface area contributed by atoms with E-state index >= 15 is 0 Å². The van der Waals surface area contributed by atoms with Crippen LogP contribution in [-0.4, -0.2) is 28.4 Å². The molecule has 0 fully saturated rings. The van der Waals surface area contributed by atoms with Crippen molar-refractivity contribution in [3.63, 3.8) is 0 Å². The Morgan fingerprint density at radius 1 is 1.40 bits per heavy atom. The molecule has 0 saturated heterocycles. The third-order valence-electron chi connectivity index (χ3n) is 1.42. The number of carbonyl (C=O) groups excluding carboxylic acids is 1. The minimum Gasteiger partial charge on any atom is -0.477 e. The summed E-state index contributed by atoms with van der Waals surface area (Å²) in [4.78, 5) is 24.4. The maximum atomic E-state index is 11.8. The first-order chi connectivity index (χ1) is 7.00. The highest BCUT2D eigenvalue weighted by atomic mass is 19.3. The van der Waals surface area contributed by atoms with E-state index in [2.05, 4.69) is 4.98 Å². The third-order valence-corrected chi connectivity index (χ3v) is 1.42. The summed E-state index contributed by atoms with van der Waals surface area (Å²) in [6, 6.07) is 3.69. The topological polar surface area (TPSA) is 79.3 Å². The molecule has 1 heterocycles. The summed E-state index contributed by atoms with van der Waals surface area (Å²) in [7, 11) is 0. The van der Waals surface area contributed by atoms with E-state index in [-0.39, 0.29) is 11.5 Å². The Bertz CT molecular complexity index is 395. The van der Waals surface area contributed by atoms with E-state index in [1.54, 1.807) is 5.32 Å². The van der Waals surface area contributed by atoms with Gasteiger partial charge < -0.3 is 10.4 Å². The van der Waals surface area contributed by atoms with Crippen LogP contribution in [0.3, 0.4) is 0 Å². The Labute approximate surface area is 82.7 Å². The van der Waals surface area contributed by atoms with Gasteiger partial charge in [-0.1, -0.05) is 6.07 Å². The highest BCUT2D eigenvalue weighted by Crippen LogP contribution is 2.06. The Kier molecular flexibility index (Phi) is 3.27. The Morgan fingerprint density at radius 2 is 2.07 bits per heavy atom. The van der Waals surface area contributed by atoms with Crippen molar-refractivity contribution in [2.75, 3.05) is 5.32 Å². The van der Waals surface area contributed by atoms with E-state index in [0.29, 0.717) is 0 Å². The first-order valence-corrected chi connectivity index (χ1v) is 3.80. The number of nitrogens with one attached hydrogen (secondary N) is 1. The molecule has 1 aromatic heterocycles. The maximum Gasteiger partial charge on any atom is 0.354 e. The lowest BCUT2D eigenvalue weighted by Crippen LogP contribution is -2.21. The van der Waals surface area contributed by atoms with Crippen LogP contribution in [0.4, 0.5) is 14.6 Å². The lowest BCUT2D eigenvalue weighted by molar-refractivity contribution is -0.126. The maximum absolute atomic E-state index is 11.8. The van der Waals surface area contributed by atoms with E-state index in [4.69, 9.17) is 5.11 Å². The molecular formula is C8H6F2N2O3. The largest absolute Gasteiger partial charge is 0.477 e. The average molecular weight is 216 g/mol. The van der Waals surface area contributed by atoms with Crippen molar-refractivity contribution in [1.29, 1.82) is 0 Å². The summed E-state index contributed by atoms with van der Waals surface area (Å²) < 4.78 is 23.6. The zero-order valence-electron chi connectivity index (χ0n) is 7.28. The Hall–Kier alpha value is -2.05. The molecule has 5 nitrogen and oxygen atoms in total. The zero-order valence-corrected chi connectivity index (χ0v) is 7.28. The van der Waals surface area contributed by atoms with Crippen molar-refractivity contribution in [2.45, 2.75) is 6.43 Å². The Morgan fingerprint density at radius 3 is 2.60 bits per heavy atom. The molecule has 0 spiro atoms. The van der Waals surface area contributed by atoms with Gasteiger partial charge >= 0.3 is 12.4 Å². The van der Waals surface area contributed by atoms with E-state index in [1.165, 1.54) is 18.2 Å². The summed E-state index contributed by atoms with van der Waals surface area (Å²) in [6.45, 7) is 0. The van der Waals surface area contributed by atoms with E-state index in [0.717, 1.165) is 0 Å². The van der Waals surface area contributed by atoms with Crippen LogP contribution < -0.4 is 5.32 Å².